The third kappa shape index (κ3) is 4.89. The van der Waals surface area contributed by atoms with E-state index in [-0.39, 0.29) is 23.2 Å². The smallest absolute Gasteiger partial charge is 0.251 e. The summed E-state index contributed by atoms with van der Waals surface area (Å²) in [7, 11) is 0. The monoisotopic (exact) mass is 444 g/mol. The Morgan fingerprint density at radius 3 is 2.50 bits per heavy atom. The Kier molecular flexibility index (Phi) is 6.66. The Balaban J connectivity index is 1.45. The van der Waals surface area contributed by atoms with Gasteiger partial charge in [0.2, 0.25) is 5.91 Å². The number of nitrogens with zero attached hydrogens (tertiary/aromatic N) is 1. The molecule has 5 heteroatoms. The van der Waals surface area contributed by atoms with Crippen molar-refractivity contribution >= 4 is 23.6 Å². The van der Waals surface area contributed by atoms with Crippen molar-refractivity contribution in [3.8, 4) is 0 Å². The van der Waals surface area contributed by atoms with Gasteiger partial charge in [-0.1, -0.05) is 66.2 Å². The molecule has 0 aromatic heterocycles. The molecule has 164 valence electrons. The molecule has 1 aliphatic rings. The van der Waals surface area contributed by atoms with Crippen molar-refractivity contribution in [2.75, 3.05) is 5.75 Å². The topological polar surface area (TPSA) is 49.4 Å². The summed E-state index contributed by atoms with van der Waals surface area (Å²) in [5.41, 5.74) is 6.25. The van der Waals surface area contributed by atoms with Crippen LogP contribution in [0.2, 0.25) is 0 Å². The number of hydrogen-bond acceptors (Lipinski definition) is 3. The summed E-state index contributed by atoms with van der Waals surface area (Å²) in [6.45, 7) is 6.72. The van der Waals surface area contributed by atoms with Gasteiger partial charge in [0, 0.05) is 12.1 Å². The standard InChI is InChI=1S/C27H28N2O2S/c1-18-9-10-19(2)24(15-18)20(3)28-26(31)22-11-13-23(14-12-22)27-29(25(30)17-32-27)16-21-7-5-4-6-8-21/h4-15,20,27H,16-17H2,1-3H3,(H,28,31)/t20-,27+/m0/s1. The van der Waals surface area contributed by atoms with Crippen molar-refractivity contribution in [3.05, 3.63) is 106 Å². The highest BCUT2D eigenvalue weighted by Crippen LogP contribution is 2.39. The van der Waals surface area contributed by atoms with Gasteiger partial charge < -0.3 is 10.2 Å². The maximum absolute atomic E-state index is 12.8. The van der Waals surface area contributed by atoms with E-state index in [1.807, 2.05) is 66.4 Å². The fourth-order valence-corrected chi connectivity index (χ4v) is 5.25. The summed E-state index contributed by atoms with van der Waals surface area (Å²) < 4.78 is 0. The molecular formula is C27H28N2O2S. The molecule has 4 rings (SSSR count). The number of hydrogen-bond donors (Lipinski definition) is 1. The number of aryl methyl sites for hydroxylation is 2. The van der Waals surface area contributed by atoms with Crippen LogP contribution in [0, 0.1) is 13.8 Å². The molecule has 0 bridgehead atoms. The van der Waals surface area contributed by atoms with Gasteiger partial charge in [-0.2, -0.15) is 0 Å². The predicted octanol–water partition coefficient (Wildman–Crippen LogP) is 5.57. The van der Waals surface area contributed by atoms with Crippen LogP contribution in [0.1, 0.15) is 56.5 Å². The largest absolute Gasteiger partial charge is 0.346 e. The number of amides is 2. The van der Waals surface area contributed by atoms with Gasteiger partial charge in [0.25, 0.3) is 5.91 Å². The number of carbonyl (C=O) groups excluding carboxylic acids is 2. The van der Waals surface area contributed by atoms with Crippen LogP contribution in [0.5, 0.6) is 0 Å². The fourth-order valence-electron chi connectivity index (χ4n) is 4.06. The average molecular weight is 445 g/mol. The van der Waals surface area contributed by atoms with E-state index in [1.54, 1.807) is 11.8 Å². The van der Waals surface area contributed by atoms with E-state index in [1.165, 1.54) is 11.1 Å². The van der Waals surface area contributed by atoms with Gasteiger partial charge in [-0.15, -0.1) is 11.8 Å². The predicted molar refractivity (Wildman–Crippen MR) is 130 cm³/mol. The van der Waals surface area contributed by atoms with E-state index in [9.17, 15) is 9.59 Å². The lowest BCUT2D eigenvalue weighted by Gasteiger charge is -2.24. The Bertz CT molecular complexity index is 1110. The first-order valence-corrected chi connectivity index (χ1v) is 11.9. The Morgan fingerprint density at radius 2 is 1.78 bits per heavy atom. The first-order valence-electron chi connectivity index (χ1n) is 10.9. The van der Waals surface area contributed by atoms with Gasteiger partial charge in [-0.05, 0) is 55.2 Å². The Hall–Kier alpha value is -3.05. The summed E-state index contributed by atoms with van der Waals surface area (Å²) in [6, 6.07) is 23.9. The highest BCUT2D eigenvalue weighted by Gasteiger charge is 2.32. The van der Waals surface area contributed by atoms with Crippen molar-refractivity contribution in [1.82, 2.24) is 10.2 Å². The molecule has 1 aliphatic heterocycles. The first kappa shape index (κ1) is 22.2. The third-order valence-electron chi connectivity index (χ3n) is 5.87. The van der Waals surface area contributed by atoms with Gasteiger partial charge in [0.15, 0.2) is 0 Å². The number of nitrogens with one attached hydrogen (secondary N) is 1. The molecule has 0 radical (unpaired) electrons. The fraction of sp³-hybridized carbons (Fsp3) is 0.259. The highest BCUT2D eigenvalue weighted by molar-refractivity contribution is 8.00. The quantitative estimate of drug-likeness (QED) is 0.541. The lowest BCUT2D eigenvalue weighted by atomic mass is 9.99. The molecule has 0 spiro atoms. The summed E-state index contributed by atoms with van der Waals surface area (Å²) in [5.74, 6) is 0.530. The summed E-state index contributed by atoms with van der Waals surface area (Å²) >= 11 is 1.63. The lowest BCUT2D eigenvalue weighted by molar-refractivity contribution is -0.128. The molecule has 3 aromatic rings. The van der Waals surface area contributed by atoms with Gasteiger partial charge >= 0.3 is 0 Å². The van der Waals surface area contributed by atoms with Crippen LogP contribution in [0.3, 0.4) is 0 Å². The van der Waals surface area contributed by atoms with Gasteiger partial charge in [-0.3, -0.25) is 9.59 Å². The molecule has 32 heavy (non-hydrogen) atoms. The molecule has 1 fully saturated rings. The average Bonchev–Trinajstić information content (AvgIpc) is 3.16. The maximum Gasteiger partial charge on any atom is 0.251 e. The molecule has 2 atom stereocenters. The minimum absolute atomic E-state index is 0.0336. The molecule has 0 aliphatic carbocycles. The maximum atomic E-state index is 12.8. The van der Waals surface area contributed by atoms with E-state index in [0.717, 1.165) is 16.7 Å². The first-order chi connectivity index (χ1) is 15.4. The number of carbonyl (C=O) groups is 2. The minimum atomic E-state index is -0.0961. The van der Waals surface area contributed by atoms with E-state index in [0.29, 0.717) is 17.9 Å². The molecule has 1 saturated heterocycles. The molecular weight excluding hydrogens is 416 g/mol. The summed E-state index contributed by atoms with van der Waals surface area (Å²) in [6.07, 6.45) is 0. The van der Waals surface area contributed by atoms with Crippen LogP contribution in [-0.4, -0.2) is 22.5 Å². The van der Waals surface area contributed by atoms with Gasteiger partial charge in [-0.25, -0.2) is 0 Å². The van der Waals surface area contributed by atoms with Crippen molar-refractivity contribution < 1.29 is 9.59 Å². The SMILES string of the molecule is Cc1ccc(C)c([C@H](C)NC(=O)c2ccc([C@H]3SCC(=O)N3Cc3ccccc3)cc2)c1. The van der Waals surface area contributed by atoms with E-state index < -0.39 is 0 Å². The van der Waals surface area contributed by atoms with Crippen LogP contribution in [-0.2, 0) is 11.3 Å². The third-order valence-corrected chi connectivity index (χ3v) is 7.13. The summed E-state index contributed by atoms with van der Waals surface area (Å²) in [5, 5.41) is 3.08. The molecule has 0 unspecified atom stereocenters. The number of benzene rings is 3. The van der Waals surface area contributed by atoms with Crippen LogP contribution in [0.15, 0.2) is 72.8 Å². The van der Waals surface area contributed by atoms with Crippen LogP contribution in [0.25, 0.3) is 0 Å². The van der Waals surface area contributed by atoms with E-state index >= 15 is 0 Å². The Labute approximate surface area is 194 Å². The second-order valence-electron chi connectivity index (χ2n) is 8.35. The summed E-state index contributed by atoms with van der Waals surface area (Å²) in [4.78, 5) is 27.2. The van der Waals surface area contributed by atoms with Crippen molar-refractivity contribution in [2.24, 2.45) is 0 Å². The second kappa shape index (κ2) is 9.61. The lowest BCUT2D eigenvalue weighted by Crippen LogP contribution is -2.28. The highest BCUT2D eigenvalue weighted by atomic mass is 32.2. The van der Waals surface area contributed by atoms with Crippen LogP contribution in [0.4, 0.5) is 0 Å². The van der Waals surface area contributed by atoms with Crippen molar-refractivity contribution in [3.63, 3.8) is 0 Å². The van der Waals surface area contributed by atoms with Crippen LogP contribution < -0.4 is 5.32 Å². The van der Waals surface area contributed by atoms with E-state index in [2.05, 4.69) is 37.4 Å². The molecule has 4 nitrogen and oxygen atoms in total. The minimum Gasteiger partial charge on any atom is -0.346 e. The van der Waals surface area contributed by atoms with E-state index in [4.69, 9.17) is 0 Å². The number of rotatable bonds is 6. The molecule has 0 saturated carbocycles. The molecule has 2 amide bonds. The van der Waals surface area contributed by atoms with Gasteiger partial charge in [0.05, 0.1) is 11.8 Å². The van der Waals surface area contributed by atoms with Gasteiger partial charge in [0.1, 0.15) is 5.37 Å². The molecule has 1 heterocycles. The zero-order chi connectivity index (χ0) is 22.7. The normalized spacial score (nSPS) is 16.8. The second-order valence-corrected chi connectivity index (χ2v) is 9.42. The Morgan fingerprint density at radius 1 is 1.06 bits per heavy atom. The molecule has 3 aromatic carbocycles. The van der Waals surface area contributed by atoms with Crippen molar-refractivity contribution in [2.45, 2.75) is 38.7 Å². The number of thioether (sulfide) groups is 1. The molecule has 1 N–H and O–H groups in total. The van der Waals surface area contributed by atoms with Crippen molar-refractivity contribution in [1.29, 1.82) is 0 Å². The zero-order valence-electron chi connectivity index (χ0n) is 18.7. The van der Waals surface area contributed by atoms with Crippen LogP contribution >= 0.6 is 11.8 Å². The zero-order valence-corrected chi connectivity index (χ0v) is 19.5.